The summed E-state index contributed by atoms with van der Waals surface area (Å²) in [5.41, 5.74) is 7.42. The molecule has 0 radical (unpaired) electrons. The molecule has 6 rings (SSSR count). The Morgan fingerprint density at radius 1 is 0.882 bits per heavy atom. The lowest BCUT2D eigenvalue weighted by Crippen LogP contribution is -2.41. The second kappa shape index (κ2) is 7.69. The van der Waals surface area contributed by atoms with Gasteiger partial charge in [0.15, 0.2) is 0 Å². The highest BCUT2D eigenvalue weighted by atomic mass is 16.7. The minimum atomic E-state index is -0.393. The summed E-state index contributed by atoms with van der Waals surface area (Å²) < 4.78 is 14.7. The summed E-state index contributed by atoms with van der Waals surface area (Å²) >= 11 is 0. The van der Waals surface area contributed by atoms with Crippen LogP contribution in [0.5, 0.6) is 0 Å². The van der Waals surface area contributed by atoms with Gasteiger partial charge in [-0.1, -0.05) is 42.5 Å². The second-order valence-electron chi connectivity index (χ2n) is 10.3. The molecule has 5 heteroatoms. The number of hydrogen-bond acceptors (Lipinski definition) is 3. The lowest BCUT2D eigenvalue weighted by Gasteiger charge is -2.32. The minimum absolute atomic E-state index is 0.358. The lowest BCUT2D eigenvalue weighted by atomic mass is 9.80. The molecule has 2 aliphatic rings. The van der Waals surface area contributed by atoms with Crippen LogP contribution in [0.4, 0.5) is 0 Å². The Morgan fingerprint density at radius 3 is 2.32 bits per heavy atom. The number of fused-ring (bicyclic) bond motifs is 3. The molecule has 0 N–H and O–H groups in total. The van der Waals surface area contributed by atoms with Crippen LogP contribution in [0.15, 0.2) is 72.9 Å². The van der Waals surface area contributed by atoms with E-state index in [0.29, 0.717) is 0 Å². The van der Waals surface area contributed by atoms with Crippen molar-refractivity contribution < 1.29 is 9.31 Å². The average molecular weight is 448 g/mol. The van der Waals surface area contributed by atoms with Gasteiger partial charge in [0.2, 0.25) is 0 Å². The molecule has 3 heterocycles. The Hall–Kier alpha value is -3.15. The van der Waals surface area contributed by atoms with Crippen LogP contribution in [-0.2, 0) is 15.7 Å². The summed E-state index contributed by atoms with van der Waals surface area (Å²) in [6, 6.07) is 21.5. The SMILES string of the molecule is CC1(C)OB(c2ccc(-c3ccc(-n4c5c(c6ccccc64)CCC=C5)cc3)nc2)OC1(C)C. The van der Waals surface area contributed by atoms with E-state index in [9.17, 15) is 0 Å². The normalized spacial score (nSPS) is 18.4. The Labute approximate surface area is 201 Å². The molecule has 0 spiro atoms. The maximum atomic E-state index is 6.16. The van der Waals surface area contributed by atoms with Crippen LogP contribution in [0.1, 0.15) is 45.4 Å². The van der Waals surface area contributed by atoms with E-state index in [-0.39, 0.29) is 11.2 Å². The molecule has 2 aromatic carbocycles. The van der Waals surface area contributed by atoms with E-state index in [2.05, 4.69) is 99.0 Å². The predicted octanol–water partition coefficient (Wildman–Crippen LogP) is 5.95. The molecule has 1 saturated heterocycles. The van der Waals surface area contributed by atoms with E-state index in [4.69, 9.17) is 14.3 Å². The van der Waals surface area contributed by atoms with Gasteiger partial charge in [-0.05, 0) is 76.4 Å². The first-order valence-corrected chi connectivity index (χ1v) is 12.1. The highest BCUT2D eigenvalue weighted by Crippen LogP contribution is 2.37. The van der Waals surface area contributed by atoms with Gasteiger partial charge in [-0.15, -0.1) is 0 Å². The molecule has 0 unspecified atom stereocenters. The van der Waals surface area contributed by atoms with E-state index in [0.717, 1.165) is 29.6 Å². The smallest absolute Gasteiger partial charge is 0.399 e. The third kappa shape index (κ3) is 3.34. The molecule has 0 bridgehead atoms. The van der Waals surface area contributed by atoms with E-state index in [1.807, 2.05) is 12.3 Å². The van der Waals surface area contributed by atoms with Gasteiger partial charge in [0.05, 0.1) is 22.4 Å². The largest absolute Gasteiger partial charge is 0.496 e. The Balaban J connectivity index is 1.30. The highest BCUT2D eigenvalue weighted by Gasteiger charge is 2.51. The summed E-state index contributed by atoms with van der Waals surface area (Å²) in [6.07, 6.45) is 8.61. The first-order chi connectivity index (χ1) is 16.3. The molecule has 1 aliphatic heterocycles. The summed E-state index contributed by atoms with van der Waals surface area (Å²) in [4.78, 5) is 4.72. The van der Waals surface area contributed by atoms with Crippen LogP contribution in [0.25, 0.3) is 33.9 Å². The number of para-hydroxylation sites is 1. The van der Waals surface area contributed by atoms with Crippen LogP contribution >= 0.6 is 0 Å². The number of aryl methyl sites for hydroxylation is 1. The fourth-order valence-electron chi connectivity index (χ4n) is 4.94. The van der Waals surface area contributed by atoms with Crippen molar-refractivity contribution in [1.82, 2.24) is 9.55 Å². The van der Waals surface area contributed by atoms with Crippen molar-refractivity contribution in [2.75, 3.05) is 0 Å². The Bertz CT molecular complexity index is 1380. The van der Waals surface area contributed by atoms with Gasteiger partial charge >= 0.3 is 7.12 Å². The molecule has 4 nitrogen and oxygen atoms in total. The maximum Gasteiger partial charge on any atom is 0.496 e. The fraction of sp³-hybridized carbons (Fsp3) is 0.276. The van der Waals surface area contributed by atoms with Crippen LogP contribution in [0, 0.1) is 0 Å². The van der Waals surface area contributed by atoms with Gasteiger partial charge in [0, 0.05) is 34.0 Å². The molecule has 170 valence electrons. The summed E-state index contributed by atoms with van der Waals surface area (Å²) in [5.74, 6) is 0. The minimum Gasteiger partial charge on any atom is -0.399 e. The highest BCUT2D eigenvalue weighted by molar-refractivity contribution is 6.62. The standard InChI is InChI=1S/C29H29BN2O2/c1-28(2)29(3,4)34-30(33-28)21-15-18-25(31-19-21)20-13-16-22(17-14-20)32-26-11-7-5-9-23(26)24-10-6-8-12-27(24)32/h5,7-9,11-19H,6,10H2,1-4H3. The Kier molecular flexibility index (Phi) is 4.84. The van der Waals surface area contributed by atoms with E-state index in [1.165, 1.54) is 27.8 Å². The van der Waals surface area contributed by atoms with Crippen molar-refractivity contribution in [3.8, 4) is 16.9 Å². The first-order valence-electron chi connectivity index (χ1n) is 12.1. The summed E-state index contributed by atoms with van der Waals surface area (Å²) in [5, 5.41) is 1.35. The number of hydrogen-bond donors (Lipinski definition) is 0. The predicted molar refractivity (Wildman–Crippen MR) is 140 cm³/mol. The number of aromatic nitrogens is 2. The molecule has 4 aromatic rings. The molecule has 0 saturated carbocycles. The zero-order valence-electron chi connectivity index (χ0n) is 20.2. The average Bonchev–Trinajstić information content (AvgIpc) is 3.29. The third-order valence-corrected chi connectivity index (χ3v) is 7.59. The quantitative estimate of drug-likeness (QED) is 0.364. The molecule has 1 aliphatic carbocycles. The zero-order valence-corrected chi connectivity index (χ0v) is 20.2. The van der Waals surface area contributed by atoms with Crippen molar-refractivity contribution >= 4 is 29.6 Å². The Morgan fingerprint density at radius 2 is 1.62 bits per heavy atom. The van der Waals surface area contributed by atoms with Gasteiger partial charge in [0.1, 0.15) is 0 Å². The van der Waals surface area contributed by atoms with Crippen LogP contribution in [0.2, 0.25) is 0 Å². The van der Waals surface area contributed by atoms with E-state index in [1.54, 1.807) is 0 Å². The molecule has 2 aromatic heterocycles. The van der Waals surface area contributed by atoms with Gasteiger partial charge in [-0.3, -0.25) is 4.98 Å². The number of pyridine rings is 1. The van der Waals surface area contributed by atoms with Crippen molar-refractivity contribution in [2.24, 2.45) is 0 Å². The number of allylic oxidation sites excluding steroid dienone is 1. The van der Waals surface area contributed by atoms with Crippen molar-refractivity contribution in [1.29, 1.82) is 0 Å². The maximum absolute atomic E-state index is 6.16. The van der Waals surface area contributed by atoms with Gasteiger partial charge < -0.3 is 13.9 Å². The van der Waals surface area contributed by atoms with Crippen LogP contribution < -0.4 is 5.46 Å². The molecule has 0 amide bonds. The number of rotatable bonds is 3. The van der Waals surface area contributed by atoms with E-state index < -0.39 is 7.12 Å². The van der Waals surface area contributed by atoms with Crippen LogP contribution in [0.3, 0.4) is 0 Å². The molecule has 1 fully saturated rings. The van der Waals surface area contributed by atoms with Crippen molar-refractivity contribution in [3.63, 3.8) is 0 Å². The fourth-order valence-corrected chi connectivity index (χ4v) is 4.94. The van der Waals surface area contributed by atoms with Crippen molar-refractivity contribution in [2.45, 2.75) is 51.7 Å². The van der Waals surface area contributed by atoms with Gasteiger partial charge in [0.25, 0.3) is 0 Å². The van der Waals surface area contributed by atoms with E-state index >= 15 is 0 Å². The van der Waals surface area contributed by atoms with Crippen LogP contribution in [-0.4, -0.2) is 27.9 Å². The second-order valence-corrected chi connectivity index (χ2v) is 10.3. The molecular formula is C29H29BN2O2. The monoisotopic (exact) mass is 448 g/mol. The lowest BCUT2D eigenvalue weighted by molar-refractivity contribution is 0.00578. The van der Waals surface area contributed by atoms with Gasteiger partial charge in [-0.25, -0.2) is 0 Å². The molecule has 0 atom stereocenters. The third-order valence-electron chi connectivity index (χ3n) is 7.59. The summed E-state index contributed by atoms with van der Waals surface area (Å²) in [6.45, 7) is 8.27. The molecule has 34 heavy (non-hydrogen) atoms. The first kappa shape index (κ1) is 21.4. The topological polar surface area (TPSA) is 36.3 Å². The number of nitrogens with zero attached hydrogens (tertiary/aromatic N) is 2. The van der Waals surface area contributed by atoms with Crippen molar-refractivity contribution in [3.05, 3.63) is 84.2 Å². The molecular weight excluding hydrogens is 419 g/mol. The van der Waals surface area contributed by atoms with Gasteiger partial charge in [-0.2, -0.15) is 0 Å². The summed E-state index contributed by atoms with van der Waals surface area (Å²) in [7, 11) is -0.393. The zero-order chi connectivity index (χ0) is 23.5. The number of benzene rings is 2.